The Morgan fingerprint density at radius 2 is 1.77 bits per heavy atom. The lowest BCUT2D eigenvalue weighted by Gasteiger charge is -2.18. The molecule has 1 aromatic heterocycles. The summed E-state index contributed by atoms with van der Waals surface area (Å²) in [6.45, 7) is 2.45. The van der Waals surface area contributed by atoms with Gasteiger partial charge in [0.1, 0.15) is 5.75 Å². The van der Waals surface area contributed by atoms with E-state index in [2.05, 4.69) is 10.3 Å². The lowest BCUT2D eigenvalue weighted by atomic mass is 10.2. The van der Waals surface area contributed by atoms with Crippen molar-refractivity contribution in [3.8, 4) is 23.1 Å². The van der Waals surface area contributed by atoms with Crippen molar-refractivity contribution in [2.24, 2.45) is 0 Å². The summed E-state index contributed by atoms with van der Waals surface area (Å²) in [5.41, 5.74) is 2.65. The van der Waals surface area contributed by atoms with Gasteiger partial charge in [0, 0.05) is 19.7 Å². The number of amides is 2. The van der Waals surface area contributed by atoms with Crippen molar-refractivity contribution in [3.05, 3.63) is 71.9 Å². The highest BCUT2D eigenvalue weighted by molar-refractivity contribution is 5.88. The Bertz CT molecular complexity index is 988. The second-order valence-corrected chi connectivity index (χ2v) is 6.78. The summed E-state index contributed by atoms with van der Waals surface area (Å²) in [6, 6.07) is 16.4. The molecule has 0 atom stereocenters. The number of benzene rings is 2. The number of aryl methyl sites for hydroxylation is 1. The van der Waals surface area contributed by atoms with Gasteiger partial charge in [-0.25, -0.2) is 9.78 Å². The van der Waals surface area contributed by atoms with E-state index in [1.54, 1.807) is 44.5 Å². The van der Waals surface area contributed by atoms with Crippen LogP contribution in [0.25, 0.3) is 0 Å². The largest absolute Gasteiger partial charge is 0.497 e. The lowest BCUT2D eigenvalue weighted by Crippen LogP contribution is -2.30. The van der Waals surface area contributed by atoms with E-state index in [0.29, 0.717) is 29.6 Å². The quantitative estimate of drug-likeness (QED) is 0.605. The van der Waals surface area contributed by atoms with Crippen molar-refractivity contribution in [2.45, 2.75) is 13.5 Å². The number of urea groups is 1. The molecule has 2 amide bonds. The van der Waals surface area contributed by atoms with Crippen LogP contribution in [-0.2, 0) is 6.54 Å². The summed E-state index contributed by atoms with van der Waals surface area (Å²) in [5.74, 6) is 2.39. The van der Waals surface area contributed by atoms with Crippen molar-refractivity contribution in [1.29, 1.82) is 0 Å². The molecule has 0 unspecified atom stereocenters. The van der Waals surface area contributed by atoms with Crippen LogP contribution in [0.15, 0.2) is 60.8 Å². The van der Waals surface area contributed by atoms with Crippen molar-refractivity contribution < 1.29 is 19.0 Å². The molecule has 2 aromatic carbocycles. The predicted molar refractivity (Wildman–Crippen MR) is 116 cm³/mol. The van der Waals surface area contributed by atoms with Gasteiger partial charge in [0.25, 0.3) is 0 Å². The van der Waals surface area contributed by atoms with Crippen LogP contribution in [0.3, 0.4) is 0 Å². The third kappa shape index (κ3) is 5.41. The van der Waals surface area contributed by atoms with Gasteiger partial charge < -0.3 is 24.4 Å². The third-order valence-corrected chi connectivity index (χ3v) is 4.45. The van der Waals surface area contributed by atoms with E-state index in [9.17, 15) is 4.79 Å². The van der Waals surface area contributed by atoms with E-state index in [1.807, 2.05) is 49.4 Å². The summed E-state index contributed by atoms with van der Waals surface area (Å²) in [7, 11) is 4.94. The van der Waals surface area contributed by atoms with Gasteiger partial charge in [-0.05, 0) is 48.4 Å². The van der Waals surface area contributed by atoms with E-state index >= 15 is 0 Å². The van der Waals surface area contributed by atoms with Gasteiger partial charge in [-0.1, -0.05) is 18.2 Å². The first-order valence-electron chi connectivity index (χ1n) is 9.42. The van der Waals surface area contributed by atoms with Crippen LogP contribution < -0.4 is 19.5 Å². The number of pyridine rings is 1. The molecule has 1 heterocycles. The molecule has 0 aliphatic rings. The van der Waals surface area contributed by atoms with Crippen molar-refractivity contribution in [1.82, 2.24) is 9.88 Å². The topological polar surface area (TPSA) is 72.9 Å². The normalized spacial score (nSPS) is 10.3. The van der Waals surface area contributed by atoms with Crippen LogP contribution in [0.5, 0.6) is 23.1 Å². The van der Waals surface area contributed by atoms with Crippen LogP contribution in [0.2, 0.25) is 0 Å². The smallest absolute Gasteiger partial charge is 0.321 e. The molecule has 30 heavy (non-hydrogen) atoms. The van der Waals surface area contributed by atoms with Crippen LogP contribution in [-0.4, -0.2) is 37.2 Å². The number of ether oxygens (including phenoxy) is 3. The molecule has 0 radical (unpaired) electrons. The molecule has 0 aliphatic heterocycles. The zero-order valence-corrected chi connectivity index (χ0v) is 17.5. The molecule has 0 bridgehead atoms. The molecule has 0 saturated heterocycles. The fourth-order valence-electron chi connectivity index (χ4n) is 2.78. The second-order valence-electron chi connectivity index (χ2n) is 6.78. The number of anilines is 1. The second kappa shape index (κ2) is 9.65. The van der Waals surface area contributed by atoms with Crippen LogP contribution >= 0.6 is 0 Å². The standard InChI is InChI=1S/C23H25N3O4/c1-16-5-11-20(21(13-16)29-4)30-22-12-8-18(14-24-22)25-23(27)26(2)15-17-6-9-19(28-3)10-7-17/h5-14H,15H2,1-4H3,(H,25,27). The van der Waals surface area contributed by atoms with Gasteiger partial charge in [0.15, 0.2) is 11.5 Å². The molecule has 7 nitrogen and oxygen atoms in total. The lowest BCUT2D eigenvalue weighted by molar-refractivity contribution is 0.220. The van der Waals surface area contributed by atoms with E-state index in [-0.39, 0.29) is 6.03 Å². The summed E-state index contributed by atoms with van der Waals surface area (Å²) < 4.78 is 16.3. The van der Waals surface area contributed by atoms with Gasteiger partial charge in [0.2, 0.25) is 5.88 Å². The highest BCUT2D eigenvalue weighted by Gasteiger charge is 2.11. The Hall–Kier alpha value is -3.74. The first-order valence-corrected chi connectivity index (χ1v) is 9.42. The molecule has 7 heteroatoms. The molecule has 3 aromatic rings. The number of carbonyl (C=O) groups excluding carboxylic acids is 1. The molecule has 156 valence electrons. The molecular formula is C23H25N3O4. The van der Waals surface area contributed by atoms with Crippen LogP contribution in [0, 0.1) is 6.92 Å². The first kappa shape index (κ1) is 21.0. The zero-order chi connectivity index (χ0) is 21.5. The Balaban J connectivity index is 1.58. The van der Waals surface area contributed by atoms with E-state index < -0.39 is 0 Å². The maximum Gasteiger partial charge on any atom is 0.321 e. The number of hydrogen-bond acceptors (Lipinski definition) is 5. The molecule has 0 spiro atoms. The van der Waals surface area contributed by atoms with Crippen molar-refractivity contribution in [2.75, 3.05) is 26.6 Å². The maximum atomic E-state index is 12.4. The number of methoxy groups -OCH3 is 2. The minimum Gasteiger partial charge on any atom is -0.497 e. The molecular weight excluding hydrogens is 382 g/mol. The van der Waals surface area contributed by atoms with Crippen molar-refractivity contribution >= 4 is 11.7 Å². The van der Waals surface area contributed by atoms with Gasteiger partial charge in [-0.15, -0.1) is 0 Å². The number of nitrogens with one attached hydrogen (secondary N) is 1. The predicted octanol–water partition coefficient (Wildman–Crippen LogP) is 4.86. The Labute approximate surface area is 176 Å². The fraction of sp³-hybridized carbons (Fsp3) is 0.217. The number of rotatable bonds is 7. The maximum absolute atomic E-state index is 12.4. The number of hydrogen-bond donors (Lipinski definition) is 1. The Morgan fingerprint density at radius 1 is 1.00 bits per heavy atom. The summed E-state index contributed by atoms with van der Waals surface area (Å²) in [4.78, 5) is 18.3. The molecule has 0 fully saturated rings. The van der Waals surface area contributed by atoms with Gasteiger partial charge in [0.05, 0.1) is 26.1 Å². The first-order chi connectivity index (χ1) is 14.5. The fourth-order valence-corrected chi connectivity index (χ4v) is 2.78. The van der Waals surface area contributed by atoms with Crippen LogP contribution in [0.4, 0.5) is 10.5 Å². The van der Waals surface area contributed by atoms with Crippen LogP contribution in [0.1, 0.15) is 11.1 Å². The van der Waals surface area contributed by atoms with E-state index in [0.717, 1.165) is 16.9 Å². The average molecular weight is 407 g/mol. The van der Waals surface area contributed by atoms with Gasteiger partial charge in [-0.2, -0.15) is 0 Å². The Kier molecular flexibility index (Phi) is 6.75. The van der Waals surface area contributed by atoms with Gasteiger partial charge >= 0.3 is 6.03 Å². The molecule has 0 aliphatic carbocycles. The minimum absolute atomic E-state index is 0.235. The van der Waals surface area contributed by atoms with E-state index in [1.165, 1.54) is 0 Å². The number of aromatic nitrogens is 1. The highest BCUT2D eigenvalue weighted by atomic mass is 16.5. The minimum atomic E-state index is -0.235. The summed E-state index contributed by atoms with van der Waals surface area (Å²) in [5, 5.41) is 2.83. The Morgan fingerprint density at radius 3 is 2.40 bits per heavy atom. The van der Waals surface area contributed by atoms with Crippen molar-refractivity contribution in [3.63, 3.8) is 0 Å². The number of carbonyl (C=O) groups is 1. The molecule has 0 saturated carbocycles. The number of nitrogens with zero attached hydrogens (tertiary/aromatic N) is 2. The monoisotopic (exact) mass is 407 g/mol. The van der Waals surface area contributed by atoms with Gasteiger partial charge in [-0.3, -0.25) is 0 Å². The third-order valence-electron chi connectivity index (χ3n) is 4.45. The summed E-state index contributed by atoms with van der Waals surface area (Å²) >= 11 is 0. The SMILES string of the molecule is COc1ccc(CN(C)C(=O)Nc2ccc(Oc3ccc(C)cc3OC)nc2)cc1. The highest BCUT2D eigenvalue weighted by Crippen LogP contribution is 2.31. The summed E-state index contributed by atoms with van der Waals surface area (Å²) in [6.07, 6.45) is 1.55. The molecule has 3 rings (SSSR count). The average Bonchev–Trinajstić information content (AvgIpc) is 2.76. The van der Waals surface area contributed by atoms with E-state index in [4.69, 9.17) is 14.2 Å². The zero-order valence-electron chi connectivity index (χ0n) is 17.5. The molecule has 1 N–H and O–H groups in total.